The highest BCUT2D eigenvalue weighted by Gasteiger charge is 2.22. The largest absolute Gasteiger partial charge is 0.475 e. The van der Waals surface area contributed by atoms with E-state index in [1.165, 1.54) is 24.3 Å². The van der Waals surface area contributed by atoms with Crippen molar-refractivity contribution < 1.29 is 23.8 Å². The summed E-state index contributed by atoms with van der Waals surface area (Å²) >= 11 is 3.12. The molecule has 0 aliphatic heterocycles. The van der Waals surface area contributed by atoms with Crippen molar-refractivity contribution in [1.82, 2.24) is 0 Å². The molecule has 1 heterocycles. The van der Waals surface area contributed by atoms with Gasteiger partial charge in [-0.15, -0.1) is 0 Å². The standard InChI is InChI=1S/C12H8BrFO4/c13-6-2-1-3-7(14)10(6)11(15)8-4-5-9(18-8)12(16)17/h1-5,11,15H,(H,16,17). The van der Waals surface area contributed by atoms with Gasteiger partial charge in [-0.2, -0.15) is 0 Å². The third-order valence-corrected chi connectivity index (χ3v) is 3.07. The van der Waals surface area contributed by atoms with Crippen molar-refractivity contribution in [2.24, 2.45) is 0 Å². The Morgan fingerprint density at radius 3 is 2.61 bits per heavy atom. The van der Waals surface area contributed by atoms with E-state index in [2.05, 4.69) is 15.9 Å². The highest BCUT2D eigenvalue weighted by atomic mass is 79.9. The number of rotatable bonds is 3. The molecule has 0 bridgehead atoms. The zero-order valence-electron chi connectivity index (χ0n) is 8.93. The Hall–Kier alpha value is -1.66. The number of aromatic carboxylic acids is 1. The van der Waals surface area contributed by atoms with E-state index < -0.39 is 17.9 Å². The molecule has 6 heteroatoms. The molecule has 0 aliphatic rings. The third-order valence-electron chi connectivity index (χ3n) is 2.38. The van der Waals surface area contributed by atoms with E-state index in [4.69, 9.17) is 9.52 Å². The van der Waals surface area contributed by atoms with Gasteiger partial charge in [-0.3, -0.25) is 0 Å². The van der Waals surface area contributed by atoms with Crippen LogP contribution in [0.2, 0.25) is 0 Å². The Kier molecular flexibility index (Phi) is 3.49. The predicted molar refractivity (Wildman–Crippen MR) is 63.8 cm³/mol. The predicted octanol–water partition coefficient (Wildman–Crippen LogP) is 2.96. The second kappa shape index (κ2) is 4.91. The van der Waals surface area contributed by atoms with Crippen molar-refractivity contribution in [2.75, 3.05) is 0 Å². The van der Waals surface area contributed by atoms with Crippen molar-refractivity contribution >= 4 is 21.9 Å². The Morgan fingerprint density at radius 1 is 1.33 bits per heavy atom. The van der Waals surface area contributed by atoms with Gasteiger partial charge in [0.1, 0.15) is 17.7 Å². The summed E-state index contributed by atoms with van der Waals surface area (Å²) in [5.74, 6) is -2.19. The molecule has 0 radical (unpaired) electrons. The summed E-state index contributed by atoms with van der Waals surface area (Å²) in [6, 6.07) is 6.76. The van der Waals surface area contributed by atoms with Gasteiger partial charge in [0, 0.05) is 10.0 Å². The van der Waals surface area contributed by atoms with Crippen LogP contribution in [-0.4, -0.2) is 16.2 Å². The van der Waals surface area contributed by atoms with Crippen molar-refractivity contribution in [2.45, 2.75) is 6.10 Å². The molecule has 4 nitrogen and oxygen atoms in total. The average Bonchev–Trinajstić information content (AvgIpc) is 2.77. The molecule has 0 fully saturated rings. The maximum absolute atomic E-state index is 13.6. The van der Waals surface area contributed by atoms with Crippen molar-refractivity contribution in [3.63, 3.8) is 0 Å². The molecule has 0 saturated heterocycles. The summed E-state index contributed by atoms with van der Waals surface area (Å²) < 4.78 is 18.9. The van der Waals surface area contributed by atoms with Crippen molar-refractivity contribution in [3.8, 4) is 0 Å². The number of hydrogen-bond donors (Lipinski definition) is 2. The van der Waals surface area contributed by atoms with E-state index in [9.17, 15) is 14.3 Å². The monoisotopic (exact) mass is 314 g/mol. The van der Waals surface area contributed by atoms with Crippen LogP contribution in [0, 0.1) is 5.82 Å². The maximum Gasteiger partial charge on any atom is 0.371 e. The molecule has 0 spiro atoms. The molecule has 0 aliphatic carbocycles. The minimum Gasteiger partial charge on any atom is -0.475 e. The lowest BCUT2D eigenvalue weighted by molar-refractivity contribution is 0.0654. The molecular formula is C12H8BrFO4. The lowest BCUT2D eigenvalue weighted by atomic mass is 10.1. The first kappa shape index (κ1) is 12.8. The van der Waals surface area contributed by atoms with Gasteiger partial charge in [0.25, 0.3) is 0 Å². The number of carboxylic acid groups (broad SMARTS) is 1. The molecular weight excluding hydrogens is 307 g/mol. The van der Waals surface area contributed by atoms with Crippen molar-refractivity contribution in [1.29, 1.82) is 0 Å². The highest BCUT2D eigenvalue weighted by molar-refractivity contribution is 9.10. The molecule has 94 valence electrons. The van der Waals surface area contributed by atoms with E-state index in [-0.39, 0.29) is 17.1 Å². The van der Waals surface area contributed by atoms with E-state index in [1.54, 1.807) is 6.07 Å². The lowest BCUT2D eigenvalue weighted by Gasteiger charge is -2.11. The molecule has 1 unspecified atom stereocenters. The van der Waals surface area contributed by atoms with Gasteiger partial charge < -0.3 is 14.6 Å². The van der Waals surface area contributed by atoms with Gasteiger partial charge in [0.15, 0.2) is 0 Å². The van der Waals surface area contributed by atoms with E-state index in [0.717, 1.165) is 0 Å². The van der Waals surface area contributed by atoms with E-state index >= 15 is 0 Å². The molecule has 1 aromatic heterocycles. The fraction of sp³-hybridized carbons (Fsp3) is 0.0833. The average molecular weight is 315 g/mol. The van der Waals surface area contributed by atoms with Crippen LogP contribution in [0.1, 0.15) is 28.0 Å². The Bertz CT molecular complexity index is 573. The summed E-state index contributed by atoms with van der Waals surface area (Å²) in [5, 5.41) is 18.7. The summed E-state index contributed by atoms with van der Waals surface area (Å²) in [7, 11) is 0. The van der Waals surface area contributed by atoms with E-state index in [0.29, 0.717) is 4.47 Å². The van der Waals surface area contributed by atoms with Crippen LogP contribution in [0.15, 0.2) is 39.2 Å². The molecule has 18 heavy (non-hydrogen) atoms. The zero-order valence-corrected chi connectivity index (χ0v) is 10.5. The molecule has 0 amide bonds. The first-order valence-corrected chi connectivity index (χ1v) is 5.75. The van der Waals surface area contributed by atoms with Gasteiger partial charge in [-0.1, -0.05) is 22.0 Å². The van der Waals surface area contributed by atoms with Crippen molar-refractivity contribution in [3.05, 3.63) is 57.7 Å². The summed E-state index contributed by atoms with van der Waals surface area (Å²) in [5.41, 5.74) is 0.00351. The highest BCUT2D eigenvalue weighted by Crippen LogP contribution is 2.31. The molecule has 2 rings (SSSR count). The molecule has 2 aromatic rings. The lowest BCUT2D eigenvalue weighted by Crippen LogP contribution is -2.03. The maximum atomic E-state index is 13.6. The van der Waals surface area contributed by atoms with Crippen LogP contribution < -0.4 is 0 Å². The first-order valence-electron chi connectivity index (χ1n) is 4.95. The molecule has 0 saturated carbocycles. The van der Waals surface area contributed by atoms with Crippen LogP contribution in [0.4, 0.5) is 4.39 Å². The molecule has 2 N–H and O–H groups in total. The number of carboxylic acids is 1. The van der Waals surface area contributed by atoms with Gasteiger partial charge in [-0.05, 0) is 24.3 Å². The first-order chi connectivity index (χ1) is 8.50. The fourth-order valence-electron chi connectivity index (χ4n) is 1.53. The normalized spacial score (nSPS) is 12.4. The van der Waals surface area contributed by atoms with Crippen LogP contribution in [0.25, 0.3) is 0 Å². The summed E-state index contributed by atoms with van der Waals surface area (Å²) in [6.45, 7) is 0. The van der Waals surface area contributed by atoms with Crippen LogP contribution in [0.3, 0.4) is 0 Å². The van der Waals surface area contributed by atoms with Crippen LogP contribution >= 0.6 is 15.9 Å². The van der Waals surface area contributed by atoms with Crippen LogP contribution in [0.5, 0.6) is 0 Å². The van der Waals surface area contributed by atoms with Gasteiger partial charge in [0.2, 0.25) is 5.76 Å². The summed E-state index contributed by atoms with van der Waals surface area (Å²) in [6.07, 6.45) is -1.37. The minimum absolute atomic E-state index is 0.00351. The second-order valence-electron chi connectivity index (χ2n) is 3.55. The quantitative estimate of drug-likeness (QED) is 0.913. The number of benzene rings is 1. The number of carbonyl (C=O) groups is 1. The topological polar surface area (TPSA) is 70.7 Å². The molecule has 1 aromatic carbocycles. The second-order valence-corrected chi connectivity index (χ2v) is 4.40. The number of aliphatic hydroxyl groups is 1. The smallest absolute Gasteiger partial charge is 0.371 e. The Labute approximate surface area is 110 Å². The number of hydrogen-bond acceptors (Lipinski definition) is 3. The fourth-order valence-corrected chi connectivity index (χ4v) is 2.09. The molecule has 1 atom stereocenters. The number of halogens is 2. The van der Waals surface area contributed by atoms with Gasteiger partial charge in [0.05, 0.1) is 0 Å². The zero-order chi connectivity index (χ0) is 13.3. The Balaban J connectivity index is 2.41. The number of furan rings is 1. The third kappa shape index (κ3) is 2.30. The SMILES string of the molecule is O=C(O)c1ccc(C(O)c2c(F)cccc2Br)o1. The Morgan fingerprint density at radius 2 is 2.06 bits per heavy atom. The van der Waals surface area contributed by atoms with Crippen LogP contribution in [-0.2, 0) is 0 Å². The number of aliphatic hydroxyl groups excluding tert-OH is 1. The van der Waals surface area contributed by atoms with Gasteiger partial charge in [-0.25, -0.2) is 9.18 Å². The minimum atomic E-state index is -1.37. The summed E-state index contributed by atoms with van der Waals surface area (Å²) in [4.78, 5) is 10.6. The van der Waals surface area contributed by atoms with Gasteiger partial charge >= 0.3 is 5.97 Å². The van der Waals surface area contributed by atoms with E-state index in [1.807, 2.05) is 0 Å².